The molecule has 7 nitrogen and oxygen atoms in total. The van der Waals surface area contributed by atoms with Crippen LogP contribution in [0.4, 0.5) is 0 Å². The van der Waals surface area contributed by atoms with Gasteiger partial charge in [-0.05, 0) is 26.3 Å². The molecule has 0 spiro atoms. The summed E-state index contributed by atoms with van der Waals surface area (Å²) in [5.74, 6) is -1.87. The molecule has 0 unspecified atom stereocenters. The van der Waals surface area contributed by atoms with E-state index < -0.39 is 18.5 Å². The molecule has 0 aliphatic rings. The molecule has 0 aromatic heterocycles. The number of carbonyl (C=O) groups excluding carboxylic acids is 4. The molecule has 2 rings (SSSR count). The van der Waals surface area contributed by atoms with E-state index in [2.05, 4.69) is 5.32 Å². The maximum absolute atomic E-state index is 12.8. The summed E-state index contributed by atoms with van der Waals surface area (Å²) >= 11 is 0. The van der Waals surface area contributed by atoms with Crippen molar-refractivity contribution in [1.29, 1.82) is 0 Å². The summed E-state index contributed by atoms with van der Waals surface area (Å²) in [4.78, 5) is 48.3. The predicted octanol–water partition coefficient (Wildman–Crippen LogP) is 2.84. The van der Waals surface area contributed by atoms with Crippen LogP contribution in [-0.4, -0.2) is 43.4 Å². The first-order valence-corrected chi connectivity index (χ1v) is 9.72. The third kappa shape index (κ3) is 6.84. The van der Waals surface area contributed by atoms with Crippen LogP contribution in [0, 0.1) is 6.92 Å². The minimum absolute atomic E-state index is 0.0955. The number of rotatable bonds is 10. The van der Waals surface area contributed by atoms with Gasteiger partial charge in [0.15, 0.2) is 12.4 Å². The van der Waals surface area contributed by atoms with Crippen LogP contribution < -0.4 is 5.32 Å². The zero-order valence-electron chi connectivity index (χ0n) is 17.1. The normalized spacial score (nSPS) is 10.2. The predicted molar refractivity (Wildman–Crippen MR) is 110 cm³/mol. The first-order valence-electron chi connectivity index (χ1n) is 9.72. The van der Waals surface area contributed by atoms with Gasteiger partial charge < -0.3 is 14.8 Å². The third-order valence-corrected chi connectivity index (χ3v) is 4.22. The molecule has 0 atom stereocenters. The highest BCUT2D eigenvalue weighted by Gasteiger charge is 2.19. The number of hydrogen-bond acceptors (Lipinski definition) is 6. The molecule has 2 aromatic rings. The van der Waals surface area contributed by atoms with Gasteiger partial charge in [-0.3, -0.25) is 14.4 Å². The van der Waals surface area contributed by atoms with Crippen LogP contribution in [0.3, 0.4) is 0 Å². The van der Waals surface area contributed by atoms with Gasteiger partial charge in [0, 0.05) is 24.1 Å². The van der Waals surface area contributed by atoms with Gasteiger partial charge in [0.2, 0.25) is 0 Å². The summed E-state index contributed by atoms with van der Waals surface area (Å²) in [7, 11) is 0. The maximum Gasteiger partial charge on any atom is 0.339 e. The van der Waals surface area contributed by atoms with E-state index in [-0.39, 0.29) is 35.8 Å². The van der Waals surface area contributed by atoms with E-state index in [1.54, 1.807) is 37.3 Å². The van der Waals surface area contributed by atoms with E-state index in [0.29, 0.717) is 18.6 Å². The zero-order valence-corrected chi connectivity index (χ0v) is 17.1. The second kappa shape index (κ2) is 11.5. The number of ether oxygens (including phenoxy) is 2. The van der Waals surface area contributed by atoms with Crippen molar-refractivity contribution < 1.29 is 28.7 Å². The van der Waals surface area contributed by atoms with Gasteiger partial charge in [-0.25, -0.2) is 4.79 Å². The highest BCUT2D eigenvalue weighted by Crippen LogP contribution is 2.16. The smallest absolute Gasteiger partial charge is 0.339 e. The van der Waals surface area contributed by atoms with Crippen LogP contribution in [0.15, 0.2) is 48.5 Å². The number of esters is 2. The highest BCUT2D eigenvalue weighted by atomic mass is 16.5. The molecular formula is C23H25NO6. The van der Waals surface area contributed by atoms with Crippen LogP contribution in [0.25, 0.3) is 0 Å². The molecule has 0 aliphatic heterocycles. The van der Waals surface area contributed by atoms with Crippen LogP contribution in [0.1, 0.15) is 51.6 Å². The van der Waals surface area contributed by atoms with Crippen molar-refractivity contribution in [2.45, 2.75) is 26.7 Å². The lowest BCUT2D eigenvalue weighted by Crippen LogP contribution is -2.30. The molecule has 2 aromatic carbocycles. The lowest BCUT2D eigenvalue weighted by atomic mass is 9.98. The van der Waals surface area contributed by atoms with E-state index in [1.165, 1.54) is 6.07 Å². The van der Waals surface area contributed by atoms with Gasteiger partial charge in [-0.15, -0.1) is 0 Å². The molecule has 1 N–H and O–H groups in total. The fraction of sp³-hybridized carbons (Fsp3) is 0.304. The molecule has 0 saturated heterocycles. The molecule has 7 heteroatoms. The van der Waals surface area contributed by atoms with Crippen molar-refractivity contribution in [2.24, 2.45) is 0 Å². The number of amides is 1. The summed E-state index contributed by atoms with van der Waals surface area (Å²) in [6, 6.07) is 13.4. The Morgan fingerprint density at radius 1 is 0.900 bits per heavy atom. The topological polar surface area (TPSA) is 98.8 Å². The van der Waals surface area contributed by atoms with Crippen molar-refractivity contribution in [3.8, 4) is 0 Å². The Labute approximate surface area is 175 Å². The molecule has 0 fully saturated rings. The summed E-state index contributed by atoms with van der Waals surface area (Å²) in [6.07, 6.45) is 0.620. The number of ketones is 1. The second-order valence-corrected chi connectivity index (χ2v) is 6.58. The summed E-state index contributed by atoms with van der Waals surface area (Å²) in [6.45, 7) is 3.74. The van der Waals surface area contributed by atoms with Gasteiger partial charge in [0.25, 0.3) is 5.91 Å². The molecule has 0 saturated carbocycles. The Morgan fingerprint density at radius 2 is 1.57 bits per heavy atom. The maximum atomic E-state index is 12.8. The molecule has 158 valence electrons. The van der Waals surface area contributed by atoms with E-state index >= 15 is 0 Å². The van der Waals surface area contributed by atoms with E-state index in [1.807, 2.05) is 19.1 Å². The molecular weight excluding hydrogens is 386 g/mol. The van der Waals surface area contributed by atoms with Crippen molar-refractivity contribution >= 4 is 23.6 Å². The van der Waals surface area contributed by atoms with Crippen LogP contribution in [0.5, 0.6) is 0 Å². The first kappa shape index (κ1) is 22.8. The van der Waals surface area contributed by atoms with Gasteiger partial charge in [-0.2, -0.15) is 0 Å². The lowest BCUT2D eigenvalue weighted by molar-refractivity contribution is -0.143. The Morgan fingerprint density at radius 3 is 2.23 bits per heavy atom. The van der Waals surface area contributed by atoms with Gasteiger partial charge in [0.1, 0.15) is 0 Å². The molecule has 0 radical (unpaired) electrons. The standard InChI is InChI=1S/C23H25NO6/c1-3-29-21(26)9-6-14-24-20(25)15-30-23(28)19-8-5-4-7-18(19)22(27)17-12-10-16(2)11-13-17/h4-5,7-8,10-13H,3,6,9,14-15H2,1-2H3,(H,24,25). The third-order valence-electron chi connectivity index (χ3n) is 4.22. The molecule has 30 heavy (non-hydrogen) atoms. The van der Waals surface area contributed by atoms with Crippen molar-refractivity contribution in [3.05, 3.63) is 70.8 Å². The van der Waals surface area contributed by atoms with Gasteiger partial charge >= 0.3 is 11.9 Å². The lowest BCUT2D eigenvalue weighted by Gasteiger charge is -2.10. The SMILES string of the molecule is CCOC(=O)CCCNC(=O)COC(=O)c1ccccc1C(=O)c1ccc(C)cc1. The van der Waals surface area contributed by atoms with Crippen molar-refractivity contribution in [1.82, 2.24) is 5.32 Å². The molecule has 0 heterocycles. The summed E-state index contributed by atoms with van der Waals surface area (Å²) in [5, 5.41) is 2.56. The fourth-order valence-corrected chi connectivity index (χ4v) is 2.67. The number of nitrogens with one attached hydrogen (secondary N) is 1. The fourth-order valence-electron chi connectivity index (χ4n) is 2.67. The van der Waals surface area contributed by atoms with E-state index in [9.17, 15) is 19.2 Å². The number of carbonyl (C=O) groups is 4. The second-order valence-electron chi connectivity index (χ2n) is 6.58. The van der Waals surface area contributed by atoms with Gasteiger partial charge in [0.05, 0.1) is 12.2 Å². The Balaban J connectivity index is 1.90. The largest absolute Gasteiger partial charge is 0.466 e. The zero-order chi connectivity index (χ0) is 21.9. The minimum atomic E-state index is -0.757. The molecule has 0 bridgehead atoms. The van der Waals surface area contributed by atoms with Crippen LogP contribution in [-0.2, 0) is 19.1 Å². The summed E-state index contributed by atoms with van der Waals surface area (Å²) in [5.41, 5.74) is 1.78. The average molecular weight is 411 g/mol. The quantitative estimate of drug-likeness (QED) is 0.367. The van der Waals surface area contributed by atoms with Crippen LogP contribution >= 0.6 is 0 Å². The Kier molecular flexibility index (Phi) is 8.75. The Bertz CT molecular complexity index is 904. The monoisotopic (exact) mass is 411 g/mol. The summed E-state index contributed by atoms with van der Waals surface area (Å²) < 4.78 is 9.85. The van der Waals surface area contributed by atoms with E-state index in [4.69, 9.17) is 9.47 Å². The van der Waals surface area contributed by atoms with Crippen molar-refractivity contribution in [3.63, 3.8) is 0 Å². The number of aryl methyl sites for hydroxylation is 1. The number of hydrogen-bond donors (Lipinski definition) is 1. The first-order chi connectivity index (χ1) is 14.4. The average Bonchev–Trinajstić information content (AvgIpc) is 2.75. The minimum Gasteiger partial charge on any atom is -0.466 e. The Hall–Kier alpha value is -3.48. The van der Waals surface area contributed by atoms with Crippen LogP contribution in [0.2, 0.25) is 0 Å². The molecule has 1 amide bonds. The highest BCUT2D eigenvalue weighted by molar-refractivity contribution is 6.14. The van der Waals surface area contributed by atoms with E-state index in [0.717, 1.165) is 5.56 Å². The number of benzene rings is 2. The van der Waals surface area contributed by atoms with Gasteiger partial charge in [-0.1, -0.05) is 48.0 Å². The van der Waals surface area contributed by atoms with Crippen molar-refractivity contribution in [2.75, 3.05) is 19.8 Å². The molecule has 0 aliphatic carbocycles.